The van der Waals surface area contributed by atoms with Gasteiger partial charge in [0.1, 0.15) is 5.75 Å². The number of hydrogen-bond donors (Lipinski definition) is 0. The van der Waals surface area contributed by atoms with E-state index < -0.39 is 34.8 Å². The summed E-state index contributed by atoms with van der Waals surface area (Å²) in [4.78, 5) is 0. The van der Waals surface area contributed by atoms with Crippen molar-refractivity contribution in [3.8, 4) is 11.5 Å². The van der Waals surface area contributed by atoms with Crippen LogP contribution in [0.3, 0.4) is 0 Å². The van der Waals surface area contributed by atoms with Gasteiger partial charge in [-0.2, -0.15) is 8.78 Å². The molecule has 0 N–H and O–H groups in total. The molecule has 106 valence electrons. The van der Waals surface area contributed by atoms with Crippen molar-refractivity contribution >= 4 is 0 Å². The lowest BCUT2D eigenvalue weighted by Gasteiger charge is -2.11. The molecule has 0 aromatic heterocycles. The lowest BCUT2D eigenvalue weighted by molar-refractivity contribution is 0.332. The molecular formula is C14H9F5O. The van der Waals surface area contributed by atoms with E-state index in [1.54, 1.807) is 19.9 Å². The minimum atomic E-state index is -2.22. The van der Waals surface area contributed by atoms with Crippen molar-refractivity contribution in [3.63, 3.8) is 0 Å². The predicted octanol–water partition coefficient (Wildman–Crippen LogP) is 4.79. The van der Waals surface area contributed by atoms with Crippen LogP contribution in [-0.4, -0.2) is 0 Å². The van der Waals surface area contributed by atoms with Gasteiger partial charge in [0, 0.05) is 0 Å². The van der Waals surface area contributed by atoms with Gasteiger partial charge < -0.3 is 4.74 Å². The van der Waals surface area contributed by atoms with Crippen LogP contribution in [0, 0.1) is 42.9 Å². The zero-order valence-electron chi connectivity index (χ0n) is 10.5. The van der Waals surface area contributed by atoms with E-state index in [4.69, 9.17) is 4.74 Å². The molecule has 6 heteroatoms. The highest BCUT2D eigenvalue weighted by Gasteiger charge is 2.27. The van der Waals surface area contributed by atoms with Crippen molar-refractivity contribution in [1.29, 1.82) is 0 Å². The normalized spacial score (nSPS) is 10.8. The first-order valence-corrected chi connectivity index (χ1v) is 5.59. The lowest BCUT2D eigenvalue weighted by Crippen LogP contribution is -2.04. The van der Waals surface area contributed by atoms with Crippen molar-refractivity contribution in [1.82, 2.24) is 0 Å². The zero-order valence-corrected chi connectivity index (χ0v) is 10.5. The quantitative estimate of drug-likeness (QED) is 0.438. The Bertz CT molecular complexity index is 653. The largest absolute Gasteiger partial charge is 0.451 e. The molecule has 0 spiro atoms. The van der Waals surface area contributed by atoms with Crippen LogP contribution in [0.1, 0.15) is 11.1 Å². The fourth-order valence-corrected chi connectivity index (χ4v) is 1.57. The predicted molar refractivity (Wildman–Crippen MR) is 62.2 cm³/mol. The fraction of sp³-hybridized carbons (Fsp3) is 0.143. The monoisotopic (exact) mass is 288 g/mol. The third-order valence-corrected chi connectivity index (χ3v) is 2.87. The summed E-state index contributed by atoms with van der Waals surface area (Å²) in [5, 5.41) is 0. The molecule has 20 heavy (non-hydrogen) atoms. The fourth-order valence-electron chi connectivity index (χ4n) is 1.57. The maximum absolute atomic E-state index is 13.4. The standard InChI is InChI=1S/C14H9F5O/c1-6-3-4-8(5-7(6)2)20-14-12(18)10(16)9(15)11(17)13(14)19/h3-5H,1-2H3. The van der Waals surface area contributed by atoms with E-state index in [1.807, 2.05) is 0 Å². The lowest BCUT2D eigenvalue weighted by atomic mass is 10.1. The van der Waals surface area contributed by atoms with Gasteiger partial charge in [0.2, 0.25) is 34.8 Å². The van der Waals surface area contributed by atoms with E-state index in [9.17, 15) is 22.0 Å². The Labute approximate surface area is 111 Å². The highest BCUT2D eigenvalue weighted by Crippen LogP contribution is 2.33. The Hall–Kier alpha value is -2.11. The van der Waals surface area contributed by atoms with Crippen molar-refractivity contribution in [3.05, 3.63) is 58.4 Å². The smallest absolute Gasteiger partial charge is 0.207 e. The molecule has 0 aliphatic rings. The summed E-state index contributed by atoms with van der Waals surface area (Å²) in [6.45, 7) is 3.53. The van der Waals surface area contributed by atoms with Crippen LogP contribution in [0.25, 0.3) is 0 Å². The summed E-state index contributed by atoms with van der Waals surface area (Å²) in [5.41, 5.74) is 1.65. The van der Waals surface area contributed by atoms with Crippen LogP contribution in [0.15, 0.2) is 18.2 Å². The second-order valence-corrected chi connectivity index (χ2v) is 4.25. The molecule has 0 amide bonds. The van der Waals surface area contributed by atoms with E-state index >= 15 is 0 Å². The van der Waals surface area contributed by atoms with Gasteiger partial charge in [-0.15, -0.1) is 0 Å². The van der Waals surface area contributed by atoms with Gasteiger partial charge in [-0.3, -0.25) is 0 Å². The van der Waals surface area contributed by atoms with Gasteiger partial charge in [0.15, 0.2) is 0 Å². The number of rotatable bonds is 2. The number of benzene rings is 2. The van der Waals surface area contributed by atoms with E-state index in [2.05, 4.69) is 0 Å². The average molecular weight is 288 g/mol. The highest BCUT2D eigenvalue weighted by molar-refractivity contribution is 5.39. The summed E-state index contributed by atoms with van der Waals surface area (Å²) < 4.78 is 70.5. The molecule has 0 radical (unpaired) electrons. The molecule has 2 aromatic carbocycles. The van der Waals surface area contributed by atoms with E-state index in [0.29, 0.717) is 0 Å². The molecule has 0 saturated heterocycles. The van der Waals surface area contributed by atoms with E-state index in [0.717, 1.165) is 11.1 Å². The number of ether oxygens (including phenoxy) is 1. The Balaban J connectivity index is 2.51. The minimum absolute atomic E-state index is 0.0173. The summed E-state index contributed by atoms with van der Waals surface area (Å²) in [6, 6.07) is 4.42. The molecule has 0 unspecified atom stereocenters. The number of aryl methyl sites for hydroxylation is 2. The second kappa shape index (κ2) is 5.11. The van der Waals surface area contributed by atoms with E-state index in [-0.39, 0.29) is 5.75 Å². The molecule has 1 nitrogen and oxygen atoms in total. The first-order valence-electron chi connectivity index (χ1n) is 5.59. The molecule has 0 heterocycles. The Morgan fingerprint density at radius 2 is 1.20 bits per heavy atom. The SMILES string of the molecule is Cc1ccc(Oc2c(F)c(F)c(F)c(F)c2F)cc1C. The molecular weight excluding hydrogens is 279 g/mol. The highest BCUT2D eigenvalue weighted by atomic mass is 19.2. The maximum atomic E-state index is 13.4. The van der Waals surface area contributed by atoms with Crippen LogP contribution in [0.5, 0.6) is 11.5 Å². The van der Waals surface area contributed by atoms with Crippen molar-refractivity contribution in [2.45, 2.75) is 13.8 Å². The zero-order chi connectivity index (χ0) is 15.0. The van der Waals surface area contributed by atoms with Crippen LogP contribution >= 0.6 is 0 Å². The first-order chi connectivity index (χ1) is 9.32. The molecule has 2 aromatic rings. The van der Waals surface area contributed by atoms with Gasteiger partial charge in [0.05, 0.1) is 0 Å². The molecule has 0 aliphatic carbocycles. The Kier molecular flexibility index (Phi) is 3.65. The van der Waals surface area contributed by atoms with Crippen LogP contribution in [0.4, 0.5) is 22.0 Å². The second-order valence-electron chi connectivity index (χ2n) is 4.25. The Morgan fingerprint density at radius 1 is 0.700 bits per heavy atom. The topological polar surface area (TPSA) is 9.23 Å². The van der Waals surface area contributed by atoms with Gasteiger partial charge in [-0.1, -0.05) is 6.07 Å². The summed E-state index contributed by atoms with van der Waals surface area (Å²) in [7, 11) is 0. The molecule has 0 aliphatic heterocycles. The molecule has 2 rings (SSSR count). The first kappa shape index (κ1) is 14.3. The number of hydrogen-bond acceptors (Lipinski definition) is 1. The van der Waals surface area contributed by atoms with Crippen LogP contribution in [0.2, 0.25) is 0 Å². The third kappa shape index (κ3) is 2.33. The van der Waals surface area contributed by atoms with Gasteiger partial charge in [0.25, 0.3) is 0 Å². The molecule has 0 fully saturated rings. The van der Waals surface area contributed by atoms with Crippen LogP contribution < -0.4 is 4.74 Å². The van der Waals surface area contributed by atoms with E-state index in [1.165, 1.54) is 12.1 Å². The maximum Gasteiger partial charge on any atom is 0.207 e. The number of halogens is 5. The molecule has 0 atom stereocenters. The summed E-state index contributed by atoms with van der Waals surface area (Å²) in [5.74, 6) is -11.6. The van der Waals surface area contributed by atoms with Gasteiger partial charge in [-0.25, -0.2) is 13.2 Å². The third-order valence-electron chi connectivity index (χ3n) is 2.87. The van der Waals surface area contributed by atoms with Crippen molar-refractivity contribution < 1.29 is 26.7 Å². The summed E-state index contributed by atoms with van der Waals surface area (Å²) >= 11 is 0. The van der Waals surface area contributed by atoms with Crippen molar-refractivity contribution in [2.75, 3.05) is 0 Å². The van der Waals surface area contributed by atoms with Crippen LogP contribution in [-0.2, 0) is 0 Å². The Morgan fingerprint density at radius 3 is 1.70 bits per heavy atom. The van der Waals surface area contributed by atoms with Gasteiger partial charge >= 0.3 is 0 Å². The van der Waals surface area contributed by atoms with Crippen molar-refractivity contribution in [2.24, 2.45) is 0 Å². The minimum Gasteiger partial charge on any atom is -0.451 e. The summed E-state index contributed by atoms with van der Waals surface area (Å²) in [6.07, 6.45) is 0. The molecule has 0 bridgehead atoms. The molecule has 0 saturated carbocycles. The average Bonchev–Trinajstić information content (AvgIpc) is 2.43. The van der Waals surface area contributed by atoms with Gasteiger partial charge in [-0.05, 0) is 37.1 Å².